The van der Waals surface area contributed by atoms with Crippen LogP contribution in [0.15, 0.2) is 41.0 Å². The summed E-state index contributed by atoms with van der Waals surface area (Å²) in [6, 6.07) is 7.28. The number of aryl methyl sites for hydroxylation is 1. The first kappa shape index (κ1) is 14.1. The van der Waals surface area contributed by atoms with E-state index in [2.05, 4.69) is 26.0 Å². The Bertz CT molecular complexity index is 824. The Morgan fingerprint density at radius 3 is 2.67 bits per heavy atom. The van der Waals surface area contributed by atoms with E-state index in [4.69, 9.17) is 0 Å². The van der Waals surface area contributed by atoms with Crippen LogP contribution >= 0.6 is 15.9 Å². The molecule has 0 bridgehead atoms. The maximum absolute atomic E-state index is 12.9. The number of hydrogen-bond acceptors (Lipinski definition) is 2. The van der Waals surface area contributed by atoms with Gasteiger partial charge in [0.15, 0.2) is 5.65 Å². The number of pyridine rings is 1. The molecule has 0 aliphatic rings. The summed E-state index contributed by atoms with van der Waals surface area (Å²) in [7, 11) is 0. The van der Waals surface area contributed by atoms with Crippen molar-refractivity contribution in [3.63, 3.8) is 0 Å². The molecule has 0 radical (unpaired) electrons. The van der Waals surface area contributed by atoms with E-state index in [-0.39, 0.29) is 0 Å². The number of aromatic nitrogens is 3. The molecule has 3 nitrogen and oxygen atoms in total. The fraction of sp³-hybridized carbons (Fsp3) is 0.143. The summed E-state index contributed by atoms with van der Waals surface area (Å²) in [5.74, 6) is 0. The molecule has 0 saturated carbocycles. The third-order valence-corrected chi connectivity index (χ3v) is 3.54. The second kappa shape index (κ2) is 4.84. The Kier molecular flexibility index (Phi) is 3.24. The largest absolute Gasteiger partial charge is 0.416 e. The predicted molar refractivity (Wildman–Crippen MR) is 76.3 cm³/mol. The summed E-state index contributed by atoms with van der Waals surface area (Å²) < 4.78 is 40.5. The van der Waals surface area contributed by atoms with E-state index in [1.54, 1.807) is 25.3 Å². The highest BCUT2D eigenvalue weighted by Crippen LogP contribution is 2.33. The summed E-state index contributed by atoms with van der Waals surface area (Å²) in [4.78, 5) is 4.20. The van der Waals surface area contributed by atoms with Crippen molar-refractivity contribution in [2.75, 3.05) is 0 Å². The molecule has 1 aromatic carbocycles. The lowest BCUT2D eigenvalue weighted by atomic mass is 10.2. The van der Waals surface area contributed by atoms with Crippen LogP contribution in [0, 0.1) is 6.92 Å². The molecule has 0 amide bonds. The van der Waals surface area contributed by atoms with Gasteiger partial charge in [0.1, 0.15) is 0 Å². The molecule has 108 valence electrons. The van der Waals surface area contributed by atoms with Gasteiger partial charge in [-0.3, -0.25) is 0 Å². The third kappa shape index (κ3) is 2.53. The molecule has 2 aromatic heterocycles. The molecule has 7 heteroatoms. The summed E-state index contributed by atoms with van der Waals surface area (Å²) in [6.07, 6.45) is -2.83. The lowest BCUT2D eigenvalue weighted by molar-refractivity contribution is -0.137. The lowest BCUT2D eigenvalue weighted by Gasteiger charge is -2.10. The number of rotatable bonds is 1. The molecule has 0 atom stereocenters. The summed E-state index contributed by atoms with van der Waals surface area (Å²) in [5, 5.41) is 5.10. The van der Waals surface area contributed by atoms with Crippen LogP contribution < -0.4 is 0 Å². The zero-order valence-corrected chi connectivity index (χ0v) is 12.4. The average Bonchev–Trinajstić information content (AvgIpc) is 2.75. The normalized spacial score (nSPS) is 12.0. The minimum Gasteiger partial charge on any atom is -0.237 e. The smallest absolute Gasteiger partial charge is 0.237 e. The van der Waals surface area contributed by atoms with Gasteiger partial charge in [-0.15, -0.1) is 0 Å². The molecule has 2 heterocycles. The fourth-order valence-corrected chi connectivity index (χ4v) is 2.62. The zero-order chi connectivity index (χ0) is 15.2. The van der Waals surface area contributed by atoms with Crippen molar-refractivity contribution in [2.24, 2.45) is 0 Å². The highest BCUT2D eigenvalue weighted by atomic mass is 79.9. The average molecular weight is 356 g/mol. The van der Waals surface area contributed by atoms with Crippen molar-refractivity contribution in [2.45, 2.75) is 13.1 Å². The first-order valence-corrected chi connectivity index (χ1v) is 6.84. The van der Waals surface area contributed by atoms with E-state index in [1.165, 1.54) is 4.68 Å². The molecular weight excluding hydrogens is 347 g/mol. The van der Waals surface area contributed by atoms with Crippen LogP contribution in [-0.4, -0.2) is 14.8 Å². The topological polar surface area (TPSA) is 30.7 Å². The number of alkyl halides is 3. The number of halogens is 4. The van der Waals surface area contributed by atoms with Gasteiger partial charge in [0.25, 0.3) is 0 Å². The van der Waals surface area contributed by atoms with Gasteiger partial charge in [-0.2, -0.15) is 18.3 Å². The van der Waals surface area contributed by atoms with Crippen LogP contribution in [0.2, 0.25) is 0 Å². The minimum absolute atomic E-state index is 0.313. The van der Waals surface area contributed by atoms with Gasteiger partial charge in [0.05, 0.1) is 16.9 Å². The predicted octanol–water partition coefficient (Wildman–Crippen LogP) is 4.51. The molecule has 3 aromatic rings. The first-order chi connectivity index (χ1) is 9.86. The van der Waals surface area contributed by atoms with Gasteiger partial charge in [0, 0.05) is 16.1 Å². The first-order valence-electron chi connectivity index (χ1n) is 6.05. The van der Waals surface area contributed by atoms with E-state index >= 15 is 0 Å². The van der Waals surface area contributed by atoms with Crippen LogP contribution in [-0.2, 0) is 6.18 Å². The van der Waals surface area contributed by atoms with E-state index in [0.29, 0.717) is 21.5 Å². The van der Waals surface area contributed by atoms with E-state index < -0.39 is 11.7 Å². The van der Waals surface area contributed by atoms with Gasteiger partial charge >= 0.3 is 6.18 Å². The van der Waals surface area contributed by atoms with Crippen LogP contribution in [0.5, 0.6) is 0 Å². The lowest BCUT2D eigenvalue weighted by Crippen LogP contribution is -2.07. The summed E-state index contributed by atoms with van der Waals surface area (Å²) >= 11 is 3.11. The van der Waals surface area contributed by atoms with Gasteiger partial charge in [-0.1, -0.05) is 15.9 Å². The Morgan fingerprint density at radius 1 is 1.19 bits per heavy atom. The van der Waals surface area contributed by atoms with Gasteiger partial charge in [-0.05, 0) is 37.3 Å². The van der Waals surface area contributed by atoms with E-state index in [9.17, 15) is 13.2 Å². The Balaban J connectivity index is 2.26. The number of nitrogens with zero attached hydrogens (tertiary/aromatic N) is 3. The second-order valence-corrected chi connectivity index (χ2v) is 5.48. The standard InChI is InChI=1S/C14H9BrF3N3/c1-8-12-3-2-4-19-13(12)21(20-8)11-6-9(14(16,17)18)5-10(15)7-11/h2-7H,1H3. The second-order valence-electron chi connectivity index (χ2n) is 4.57. The molecule has 3 rings (SSSR count). The van der Waals surface area contributed by atoms with Crippen molar-refractivity contribution in [1.82, 2.24) is 14.8 Å². The molecule has 0 aliphatic carbocycles. The molecule has 0 saturated heterocycles. The maximum Gasteiger partial charge on any atom is 0.416 e. The zero-order valence-electron chi connectivity index (χ0n) is 10.8. The van der Waals surface area contributed by atoms with Crippen LogP contribution in [0.25, 0.3) is 16.7 Å². The maximum atomic E-state index is 12.9. The highest BCUT2D eigenvalue weighted by Gasteiger charge is 2.31. The molecular formula is C14H9BrF3N3. The van der Waals surface area contributed by atoms with Gasteiger partial charge < -0.3 is 0 Å². The van der Waals surface area contributed by atoms with Gasteiger partial charge in [0.2, 0.25) is 0 Å². The van der Waals surface area contributed by atoms with Gasteiger partial charge in [-0.25, -0.2) is 9.67 Å². The Labute approximate surface area is 126 Å². The fourth-order valence-electron chi connectivity index (χ4n) is 2.14. The van der Waals surface area contributed by atoms with Crippen LogP contribution in [0.3, 0.4) is 0 Å². The van der Waals surface area contributed by atoms with Crippen LogP contribution in [0.4, 0.5) is 13.2 Å². The SMILES string of the molecule is Cc1nn(-c2cc(Br)cc(C(F)(F)F)c2)c2ncccc12. The Morgan fingerprint density at radius 2 is 1.95 bits per heavy atom. The molecule has 0 unspecified atom stereocenters. The van der Waals surface area contributed by atoms with E-state index in [0.717, 1.165) is 17.5 Å². The van der Waals surface area contributed by atoms with Crippen molar-refractivity contribution in [3.8, 4) is 5.69 Å². The van der Waals surface area contributed by atoms with Crippen molar-refractivity contribution in [3.05, 3.63) is 52.3 Å². The monoisotopic (exact) mass is 355 g/mol. The number of hydrogen-bond donors (Lipinski definition) is 0. The van der Waals surface area contributed by atoms with Crippen molar-refractivity contribution < 1.29 is 13.2 Å². The third-order valence-electron chi connectivity index (χ3n) is 3.08. The summed E-state index contributed by atoms with van der Waals surface area (Å²) in [6.45, 7) is 1.79. The van der Waals surface area contributed by atoms with E-state index in [1.807, 2.05) is 6.07 Å². The van der Waals surface area contributed by atoms with Crippen molar-refractivity contribution >= 4 is 27.0 Å². The number of benzene rings is 1. The number of fused-ring (bicyclic) bond motifs is 1. The summed E-state index contributed by atoms with van der Waals surface area (Å²) in [5.41, 5.74) is 0.825. The molecule has 0 spiro atoms. The molecule has 0 N–H and O–H groups in total. The molecule has 21 heavy (non-hydrogen) atoms. The molecule has 0 aliphatic heterocycles. The molecule has 0 fully saturated rings. The Hall–Kier alpha value is -1.89. The van der Waals surface area contributed by atoms with Crippen molar-refractivity contribution in [1.29, 1.82) is 0 Å². The highest BCUT2D eigenvalue weighted by molar-refractivity contribution is 9.10. The van der Waals surface area contributed by atoms with Crippen LogP contribution in [0.1, 0.15) is 11.3 Å². The minimum atomic E-state index is -4.41. The quantitative estimate of drug-likeness (QED) is 0.642.